The fraction of sp³-hybridized carbons (Fsp3) is 0.514. The quantitative estimate of drug-likeness (QED) is 0.237. The minimum absolute atomic E-state index is 0.0727. The SMILES string of the molecule is CCCc1cccc2cccc(-c3ncc4c(N5CC6CCC(C6)C5)nc(OCC56CCCN5CCC6)nc4c3F)c12. The van der Waals surface area contributed by atoms with Crippen LogP contribution in [0.1, 0.15) is 63.9 Å². The number of piperidine rings is 1. The van der Waals surface area contributed by atoms with E-state index in [2.05, 4.69) is 41.0 Å². The zero-order valence-electron chi connectivity index (χ0n) is 24.6. The lowest BCUT2D eigenvalue weighted by molar-refractivity contribution is 0.108. The van der Waals surface area contributed by atoms with E-state index in [1.807, 2.05) is 12.1 Å². The van der Waals surface area contributed by atoms with Crippen LogP contribution in [-0.4, -0.2) is 58.2 Å². The monoisotopic (exact) mass is 565 g/mol. The summed E-state index contributed by atoms with van der Waals surface area (Å²) in [7, 11) is 0. The van der Waals surface area contributed by atoms with Gasteiger partial charge in [0.15, 0.2) is 5.82 Å². The van der Waals surface area contributed by atoms with Gasteiger partial charge in [-0.2, -0.15) is 9.97 Å². The van der Waals surface area contributed by atoms with Gasteiger partial charge in [-0.05, 0) is 92.6 Å². The molecule has 0 N–H and O–H groups in total. The third kappa shape index (κ3) is 4.34. The zero-order valence-corrected chi connectivity index (χ0v) is 24.6. The second-order valence-electron chi connectivity index (χ2n) is 13.2. The van der Waals surface area contributed by atoms with Crippen LogP contribution < -0.4 is 9.64 Å². The highest BCUT2D eigenvalue weighted by Crippen LogP contribution is 2.42. The maximum Gasteiger partial charge on any atom is 0.319 e. The Kier molecular flexibility index (Phi) is 6.54. The van der Waals surface area contributed by atoms with Crippen LogP contribution in [0.15, 0.2) is 42.6 Å². The molecule has 42 heavy (non-hydrogen) atoms. The van der Waals surface area contributed by atoms with E-state index < -0.39 is 0 Å². The molecular weight excluding hydrogens is 525 g/mol. The Bertz CT molecular complexity index is 1630. The minimum Gasteiger partial charge on any atom is -0.461 e. The molecule has 0 amide bonds. The highest BCUT2D eigenvalue weighted by Gasteiger charge is 2.45. The second kappa shape index (κ2) is 10.4. The van der Waals surface area contributed by atoms with Gasteiger partial charge in [-0.3, -0.25) is 9.88 Å². The molecule has 218 valence electrons. The normalized spacial score (nSPS) is 23.2. The molecule has 2 bridgehead atoms. The molecule has 4 fully saturated rings. The molecule has 2 aromatic carbocycles. The maximum atomic E-state index is 16.8. The lowest BCUT2D eigenvalue weighted by atomic mass is 9.94. The Labute approximate surface area is 247 Å². The van der Waals surface area contributed by atoms with Crippen LogP contribution in [0.3, 0.4) is 0 Å². The molecule has 0 radical (unpaired) electrons. The van der Waals surface area contributed by atoms with Crippen molar-refractivity contribution in [3.05, 3.63) is 54.0 Å². The van der Waals surface area contributed by atoms with Gasteiger partial charge in [-0.15, -0.1) is 0 Å². The van der Waals surface area contributed by atoms with Crippen molar-refractivity contribution >= 4 is 27.5 Å². The number of pyridine rings is 1. The van der Waals surface area contributed by atoms with Crippen LogP contribution in [0, 0.1) is 17.7 Å². The molecule has 5 heterocycles. The molecule has 2 aromatic heterocycles. The van der Waals surface area contributed by atoms with E-state index in [4.69, 9.17) is 19.7 Å². The largest absolute Gasteiger partial charge is 0.461 e. The van der Waals surface area contributed by atoms with Gasteiger partial charge in [0.25, 0.3) is 0 Å². The molecule has 7 heteroatoms. The first-order valence-electron chi connectivity index (χ1n) is 16.1. The fourth-order valence-electron chi connectivity index (χ4n) is 8.65. The van der Waals surface area contributed by atoms with Crippen molar-refractivity contribution in [2.24, 2.45) is 11.8 Å². The van der Waals surface area contributed by atoms with Gasteiger partial charge in [0.05, 0.1) is 10.9 Å². The summed E-state index contributed by atoms with van der Waals surface area (Å²) in [5.74, 6) is 1.74. The number of aromatic nitrogens is 3. The molecule has 3 saturated heterocycles. The van der Waals surface area contributed by atoms with Crippen molar-refractivity contribution in [2.45, 2.75) is 70.3 Å². The molecule has 4 aliphatic rings. The van der Waals surface area contributed by atoms with Gasteiger partial charge >= 0.3 is 6.01 Å². The number of fused-ring (bicyclic) bond motifs is 5. The number of ether oxygens (including phenoxy) is 1. The molecule has 8 rings (SSSR count). The third-order valence-corrected chi connectivity index (χ3v) is 10.6. The predicted octanol–water partition coefficient (Wildman–Crippen LogP) is 7.18. The molecule has 1 aliphatic carbocycles. The van der Waals surface area contributed by atoms with Crippen LogP contribution >= 0.6 is 0 Å². The summed E-state index contributed by atoms with van der Waals surface area (Å²) < 4.78 is 23.3. The molecular formula is C35H40FN5O. The van der Waals surface area contributed by atoms with Gasteiger partial charge in [-0.1, -0.05) is 49.7 Å². The predicted molar refractivity (Wildman–Crippen MR) is 166 cm³/mol. The van der Waals surface area contributed by atoms with E-state index >= 15 is 4.39 Å². The van der Waals surface area contributed by atoms with Crippen molar-refractivity contribution in [3.8, 4) is 17.3 Å². The Morgan fingerprint density at radius 1 is 1.00 bits per heavy atom. The summed E-state index contributed by atoms with van der Waals surface area (Å²) in [6, 6.07) is 12.7. The number of hydrogen-bond donors (Lipinski definition) is 0. The number of benzene rings is 2. The van der Waals surface area contributed by atoms with Crippen molar-refractivity contribution in [2.75, 3.05) is 37.7 Å². The number of anilines is 1. The Morgan fingerprint density at radius 2 is 1.76 bits per heavy atom. The van der Waals surface area contributed by atoms with Crippen LogP contribution in [0.2, 0.25) is 0 Å². The standard InChI is InChI=1S/C35H40FN5O/c1-2-7-25-8-3-9-26-10-4-11-27(29(25)26)31-30(36)32-28(19-37-31)33(40-20-23-12-13-24(18-23)21-40)39-34(38-32)42-22-35-14-5-16-41(35)17-6-15-35/h3-4,8-11,19,23-24H,2,5-7,12-18,20-22H2,1H3. The number of rotatable bonds is 7. The Balaban J connectivity index is 1.25. The number of halogens is 1. The number of aryl methyl sites for hydroxylation is 1. The zero-order chi connectivity index (χ0) is 28.3. The van der Waals surface area contributed by atoms with Crippen molar-refractivity contribution in [3.63, 3.8) is 0 Å². The molecule has 2 unspecified atom stereocenters. The molecule has 0 spiro atoms. The van der Waals surface area contributed by atoms with Crippen LogP contribution in [0.4, 0.5) is 10.2 Å². The van der Waals surface area contributed by atoms with E-state index in [9.17, 15) is 0 Å². The molecule has 1 saturated carbocycles. The smallest absolute Gasteiger partial charge is 0.319 e. The highest BCUT2D eigenvalue weighted by atomic mass is 19.1. The van der Waals surface area contributed by atoms with Gasteiger partial charge in [0, 0.05) is 24.8 Å². The summed E-state index contributed by atoms with van der Waals surface area (Å²) in [6.45, 7) is 6.92. The minimum atomic E-state index is -0.388. The van der Waals surface area contributed by atoms with Crippen LogP contribution in [0.5, 0.6) is 6.01 Å². The number of nitrogens with zero attached hydrogens (tertiary/aromatic N) is 5. The van der Waals surface area contributed by atoms with Crippen molar-refractivity contribution < 1.29 is 9.13 Å². The third-order valence-electron chi connectivity index (χ3n) is 10.6. The van der Waals surface area contributed by atoms with E-state index in [0.29, 0.717) is 41.1 Å². The molecule has 2 atom stereocenters. The van der Waals surface area contributed by atoms with Crippen molar-refractivity contribution in [1.29, 1.82) is 0 Å². The van der Waals surface area contributed by atoms with Gasteiger partial charge in [0.2, 0.25) is 0 Å². The van der Waals surface area contributed by atoms with Gasteiger partial charge in [0.1, 0.15) is 23.6 Å². The van der Waals surface area contributed by atoms with E-state index in [1.54, 1.807) is 6.20 Å². The summed E-state index contributed by atoms with van der Waals surface area (Å²) in [5.41, 5.74) is 2.78. The Hall–Kier alpha value is -3.32. The second-order valence-corrected chi connectivity index (χ2v) is 13.2. The summed E-state index contributed by atoms with van der Waals surface area (Å²) in [6.07, 6.45) is 12.3. The summed E-state index contributed by atoms with van der Waals surface area (Å²) in [4.78, 5) is 19.5. The van der Waals surface area contributed by atoms with E-state index in [-0.39, 0.29) is 11.4 Å². The van der Waals surface area contributed by atoms with Crippen LogP contribution in [-0.2, 0) is 6.42 Å². The van der Waals surface area contributed by atoms with E-state index in [1.165, 1.54) is 37.7 Å². The average Bonchev–Trinajstić information content (AvgIpc) is 3.69. The fourth-order valence-corrected chi connectivity index (χ4v) is 8.65. The summed E-state index contributed by atoms with van der Waals surface area (Å²) in [5, 5.41) is 2.86. The highest BCUT2D eigenvalue weighted by molar-refractivity contribution is 6.00. The van der Waals surface area contributed by atoms with Crippen LogP contribution in [0.25, 0.3) is 32.9 Å². The lowest BCUT2D eigenvalue weighted by Gasteiger charge is -2.34. The molecule has 4 aromatic rings. The average molecular weight is 566 g/mol. The van der Waals surface area contributed by atoms with E-state index in [0.717, 1.165) is 74.0 Å². The van der Waals surface area contributed by atoms with Crippen molar-refractivity contribution in [1.82, 2.24) is 19.9 Å². The molecule has 6 nitrogen and oxygen atoms in total. The summed E-state index contributed by atoms with van der Waals surface area (Å²) >= 11 is 0. The first-order chi connectivity index (χ1) is 20.6. The Morgan fingerprint density at radius 3 is 2.52 bits per heavy atom. The first-order valence-corrected chi connectivity index (χ1v) is 16.1. The van der Waals surface area contributed by atoms with Gasteiger partial charge < -0.3 is 9.64 Å². The topological polar surface area (TPSA) is 54.4 Å². The maximum absolute atomic E-state index is 16.8. The molecule has 3 aliphatic heterocycles. The first kappa shape index (κ1) is 26.3. The van der Waals surface area contributed by atoms with Gasteiger partial charge in [-0.25, -0.2) is 4.39 Å². The lowest BCUT2D eigenvalue weighted by Crippen LogP contribution is -2.43. The number of hydrogen-bond acceptors (Lipinski definition) is 6.